The first-order chi connectivity index (χ1) is 7.63. The van der Waals surface area contributed by atoms with E-state index in [-0.39, 0.29) is 22.3 Å². The highest BCUT2D eigenvalue weighted by Crippen LogP contribution is 2.12. The van der Waals surface area contributed by atoms with Crippen LogP contribution < -0.4 is 5.32 Å². The second kappa shape index (κ2) is 6.78. The van der Waals surface area contributed by atoms with E-state index in [0.717, 1.165) is 0 Å². The number of halogens is 2. The van der Waals surface area contributed by atoms with Gasteiger partial charge in [0.05, 0.1) is 12.0 Å². The molecular formula is C10H13Cl2NO3. The Balaban J connectivity index is 2.25. The van der Waals surface area contributed by atoms with Crippen molar-refractivity contribution in [2.24, 2.45) is 0 Å². The molecule has 4 nitrogen and oxygen atoms in total. The second-order valence-electron chi connectivity index (χ2n) is 3.20. The first-order valence-electron chi connectivity index (χ1n) is 4.80. The summed E-state index contributed by atoms with van der Waals surface area (Å²) in [5.74, 6) is -0.101. The molecule has 1 amide bonds. The molecule has 0 saturated heterocycles. The van der Waals surface area contributed by atoms with E-state index < -0.39 is 0 Å². The zero-order valence-corrected chi connectivity index (χ0v) is 10.3. The van der Waals surface area contributed by atoms with Gasteiger partial charge in [-0.3, -0.25) is 4.79 Å². The molecule has 0 aromatic carbocycles. The molecule has 90 valence electrons. The number of hydrogen-bond acceptors (Lipinski definition) is 3. The third-order valence-electron chi connectivity index (χ3n) is 1.89. The van der Waals surface area contributed by atoms with Crippen LogP contribution in [-0.4, -0.2) is 31.5 Å². The van der Waals surface area contributed by atoms with Crippen LogP contribution in [0.2, 0.25) is 5.22 Å². The monoisotopic (exact) mass is 265 g/mol. The predicted octanol–water partition coefficient (Wildman–Crippen LogP) is 2.31. The fourth-order valence-electron chi connectivity index (χ4n) is 1.13. The van der Waals surface area contributed by atoms with Gasteiger partial charge >= 0.3 is 0 Å². The molecule has 1 aromatic rings. The molecule has 1 unspecified atom stereocenters. The lowest BCUT2D eigenvalue weighted by molar-refractivity contribution is 0.0924. The van der Waals surface area contributed by atoms with Gasteiger partial charge in [0.15, 0.2) is 11.0 Å². The zero-order chi connectivity index (χ0) is 12.0. The van der Waals surface area contributed by atoms with Crippen molar-refractivity contribution in [1.29, 1.82) is 0 Å². The van der Waals surface area contributed by atoms with Gasteiger partial charge in [-0.15, -0.1) is 11.6 Å². The number of methoxy groups -OCH3 is 1. The van der Waals surface area contributed by atoms with Gasteiger partial charge in [0.2, 0.25) is 0 Å². The molecule has 0 fully saturated rings. The first-order valence-corrected chi connectivity index (χ1v) is 5.61. The highest BCUT2D eigenvalue weighted by molar-refractivity contribution is 6.29. The molecule has 6 heteroatoms. The average Bonchev–Trinajstić information content (AvgIpc) is 2.65. The third kappa shape index (κ3) is 4.43. The number of carbonyl (C=O) groups is 1. The highest BCUT2D eigenvalue weighted by atomic mass is 35.5. The molecule has 0 aliphatic carbocycles. The van der Waals surface area contributed by atoms with E-state index in [9.17, 15) is 4.79 Å². The zero-order valence-electron chi connectivity index (χ0n) is 8.83. The lowest BCUT2D eigenvalue weighted by atomic mass is 10.3. The van der Waals surface area contributed by atoms with E-state index in [4.69, 9.17) is 32.4 Å². The van der Waals surface area contributed by atoms with E-state index in [2.05, 4.69) is 5.32 Å². The summed E-state index contributed by atoms with van der Waals surface area (Å²) in [6.45, 7) is 0.929. The molecule has 0 spiro atoms. The van der Waals surface area contributed by atoms with Gasteiger partial charge in [-0.1, -0.05) is 0 Å². The third-order valence-corrected chi connectivity index (χ3v) is 2.43. The summed E-state index contributed by atoms with van der Waals surface area (Å²) in [6.07, 6.45) is 0.635. The fraction of sp³-hybridized carbons (Fsp3) is 0.500. The van der Waals surface area contributed by atoms with E-state index >= 15 is 0 Å². The molecule has 1 aromatic heterocycles. The molecule has 1 rings (SSSR count). The summed E-state index contributed by atoms with van der Waals surface area (Å²) >= 11 is 11.4. The highest BCUT2D eigenvalue weighted by Gasteiger charge is 2.10. The maximum absolute atomic E-state index is 11.5. The predicted molar refractivity (Wildman–Crippen MR) is 62.2 cm³/mol. The molecule has 0 radical (unpaired) electrons. The minimum absolute atomic E-state index is 0.106. The van der Waals surface area contributed by atoms with Crippen LogP contribution in [0.4, 0.5) is 0 Å². The summed E-state index contributed by atoms with van der Waals surface area (Å²) < 4.78 is 9.81. The Morgan fingerprint density at radius 1 is 1.62 bits per heavy atom. The largest absolute Gasteiger partial charge is 0.440 e. The minimum atomic E-state index is -0.298. The van der Waals surface area contributed by atoms with Crippen molar-refractivity contribution >= 4 is 29.1 Å². The van der Waals surface area contributed by atoms with Crippen LogP contribution in [0.3, 0.4) is 0 Å². The first kappa shape index (κ1) is 13.4. The van der Waals surface area contributed by atoms with E-state index in [0.29, 0.717) is 19.6 Å². The Hall–Kier alpha value is -0.710. The van der Waals surface area contributed by atoms with Crippen molar-refractivity contribution in [3.05, 3.63) is 23.1 Å². The standard InChI is InChI=1S/C10H13Cl2NO3/c1-15-6-7(11)4-5-13-10(14)8-2-3-9(12)16-8/h2-3,7H,4-6H2,1H3,(H,13,14). The number of ether oxygens (including phenoxy) is 1. The number of furan rings is 1. The maximum Gasteiger partial charge on any atom is 0.287 e. The molecule has 0 aliphatic heterocycles. The van der Waals surface area contributed by atoms with Gasteiger partial charge in [-0.25, -0.2) is 0 Å². The number of carbonyl (C=O) groups excluding carboxylic acids is 1. The van der Waals surface area contributed by atoms with Crippen LogP contribution in [0.5, 0.6) is 0 Å². The average molecular weight is 266 g/mol. The van der Waals surface area contributed by atoms with Gasteiger partial charge in [-0.05, 0) is 30.2 Å². The van der Waals surface area contributed by atoms with Crippen molar-refractivity contribution in [2.75, 3.05) is 20.3 Å². The quantitative estimate of drug-likeness (QED) is 0.804. The number of rotatable bonds is 6. The van der Waals surface area contributed by atoms with Crippen molar-refractivity contribution in [2.45, 2.75) is 11.8 Å². The Morgan fingerprint density at radius 3 is 2.94 bits per heavy atom. The molecule has 1 heterocycles. The molecule has 0 bridgehead atoms. The second-order valence-corrected chi connectivity index (χ2v) is 4.19. The molecule has 16 heavy (non-hydrogen) atoms. The van der Waals surface area contributed by atoms with Crippen molar-refractivity contribution < 1.29 is 13.9 Å². The molecule has 1 atom stereocenters. The Labute approximate surface area is 104 Å². The van der Waals surface area contributed by atoms with Gasteiger partial charge in [0, 0.05) is 13.7 Å². The summed E-state index contributed by atoms with van der Waals surface area (Å²) in [5.41, 5.74) is 0. The summed E-state index contributed by atoms with van der Waals surface area (Å²) in [6, 6.07) is 3.04. The molecule has 0 saturated carbocycles. The Kier molecular flexibility index (Phi) is 5.66. The summed E-state index contributed by atoms with van der Waals surface area (Å²) in [7, 11) is 1.58. The van der Waals surface area contributed by atoms with Gasteiger partial charge in [0.1, 0.15) is 0 Å². The van der Waals surface area contributed by atoms with E-state index in [1.165, 1.54) is 12.1 Å². The number of alkyl halides is 1. The van der Waals surface area contributed by atoms with Crippen molar-refractivity contribution in [3.63, 3.8) is 0 Å². The van der Waals surface area contributed by atoms with E-state index in [1.807, 2.05) is 0 Å². The number of amides is 1. The smallest absolute Gasteiger partial charge is 0.287 e. The van der Waals surface area contributed by atoms with Crippen LogP contribution in [0.1, 0.15) is 17.0 Å². The van der Waals surface area contributed by atoms with Crippen LogP contribution in [0, 0.1) is 0 Å². The summed E-state index contributed by atoms with van der Waals surface area (Å²) in [5, 5.41) is 2.76. The minimum Gasteiger partial charge on any atom is -0.440 e. The normalized spacial score (nSPS) is 12.4. The van der Waals surface area contributed by atoms with Crippen LogP contribution in [0.15, 0.2) is 16.5 Å². The van der Waals surface area contributed by atoms with Gasteiger partial charge in [-0.2, -0.15) is 0 Å². The Bertz CT molecular complexity index is 341. The number of hydrogen-bond donors (Lipinski definition) is 1. The number of nitrogens with one attached hydrogen (secondary N) is 1. The van der Waals surface area contributed by atoms with Crippen LogP contribution >= 0.6 is 23.2 Å². The lowest BCUT2D eigenvalue weighted by Crippen LogP contribution is -2.26. The fourth-order valence-corrected chi connectivity index (χ4v) is 1.51. The van der Waals surface area contributed by atoms with Crippen LogP contribution in [-0.2, 0) is 4.74 Å². The van der Waals surface area contributed by atoms with Crippen LogP contribution in [0.25, 0.3) is 0 Å². The molecule has 0 aliphatic rings. The van der Waals surface area contributed by atoms with Gasteiger partial charge in [0.25, 0.3) is 5.91 Å². The van der Waals surface area contributed by atoms with Crippen molar-refractivity contribution in [1.82, 2.24) is 5.32 Å². The Morgan fingerprint density at radius 2 is 2.38 bits per heavy atom. The van der Waals surface area contributed by atoms with Crippen molar-refractivity contribution in [3.8, 4) is 0 Å². The SMILES string of the molecule is COCC(Cl)CCNC(=O)c1ccc(Cl)o1. The molecule has 1 N–H and O–H groups in total. The van der Waals surface area contributed by atoms with Gasteiger partial charge < -0.3 is 14.5 Å². The lowest BCUT2D eigenvalue weighted by Gasteiger charge is -2.08. The molecular weight excluding hydrogens is 253 g/mol. The topological polar surface area (TPSA) is 51.5 Å². The van der Waals surface area contributed by atoms with E-state index in [1.54, 1.807) is 7.11 Å². The summed E-state index contributed by atoms with van der Waals surface area (Å²) in [4.78, 5) is 11.5. The maximum atomic E-state index is 11.5.